The summed E-state index contributed by atoms with van der Waals surface area (Å²) in [6, 6.07) is 4.31. The van der Waals surface area contributed by atoms with E-state index in [9.17, 15) is 0 Å². The Kier molecular flexibility index (Phi) is 15.4. The molecule has 0 spiro atoms. The molecule has 0 aliphatic heterocycles. The predicted molar refractivity (Wildman–Crippen MR) is 125 cm³/mol. The van der Waals surface area contributed by atoms with Crippen LogP contribution in [0.5, 0.6) is 0 Å². The van der Waals surface area contributed by atoms with Crippen LogP contribution in [0, 0.1) is 5.92 Å². The normalized spacial score (nSPS) is 14.0. The third-order valence-electron chi connectivity index (χ3n) is 3.83. The highest BCUT2D eigenvalue weighted by atomic mass is 127. The number of nitrogens with zero attached hydrogens (tertiary/aromatic N) is 2. The Morgan fingerprint density at radius 3 is 2.65 bits per heavy atom. The first-order valence-corrected chi connectivity index (χ1v) is 10.2. The predicted octanol–water partition coefficient (Wildman–Crippen LogP) is 3.46. The molecule has 0 radical (unpaired) electrons. The molecule has 0 aliphatic carbocycles. The van der Waals surface area contributed by atoms with Crippen LogP contribution in [-0.2, 0) is 11.2 Å². The SMILES string of the molecule is CCNC(=NCC(C)Cc1cccs1)NCC(CCN(C)C)OCC.I. The van der Waals surface area contributed by atoms with Crippen molar-refractivity contribution in [2.75, 3.05) is 46.9 Å². The number of halogens is 1. The Morgan fingerprint density at radius 2 is 2.08 bits per heavy atom. The Labute approximate surface area is 181 Å². The summed E-state index contributed by atoms with van der Waals surface area (Å²) >= 11 is 1.82. The zero-order valence-electron chi connectivity index (χ0n) is 17.0. The van der Waals surface area contributed by atoms with Crippen LogP contribution < -0.4 is 10.6 Å². The Morgan fingerprint density at radius 1 is 1.31 bits per heavy atom. The van der Waals surface area contributed by atoms with Gasteiger partial charge in [0, 0.05) is 37.7 Å². The number of nitrogens with one attached hydrogen (secondary N) is 2. The smallest absolute Gasteiger partial charge is 0.191 e. The van der Waals surface area contributed by atoms with E-state index in [0.29, 0.717) is 5.92 Å². The monoisotopic (exact) mass is 496 g/mol. The fourth-order valence-corrected chi connectivity index (χ4v) is 3.39. The van der Waals surface area contributed by atoms with Gasteiger partial charge in [0.15, 0.2) is 5.96 Å². The molecular weight excluding hydrogens is 459 g/mol. The van der Waals surface area contributed by atoms with Crippen molar-refractivity contribution in [2.24, 2.45) is 10.9 Å². The lowest BCUT2D eigenvalue weighted by Crippen LogP contribution is -2.42. The lowest BCUT2D eigenvalue weighted by molar-refractivity contribution is 0.0548. The molecule has 0 aromatic carbocycles. The summed E-state index contributed by atoms with van der Waals surface area (Å²) in [5, 5.41) is 8.91. The second-order valence-electron chi connectivity index (χ2n) is 6.66. The first-order valence-electron chi connectivity index (χ1n) is 9.36. The highest BCUT2D eigenvalue weighted by molar-refractivity contribution is 14.0. The lowest BCUT2D eigenvalue weighted by atomic mass is 10.1. The van der Waals surface area contributed by atoms with Gasteiger partial charge < -0.3 is 20.3 Å². The maximum absolute atomic E-state index is 5.85. The zero-order valence-corrected chi connectivity index (χ0v) is 20.1. The van der Waals surface area contributed by atoms with Crippen LogP contribution in [0.3, 0.4) is 0 Å². The molecule has 0 aliphatic rings. The summed E-state index contributed by atoms with van der Waals surface area (Å²) in [4.78, 5) is 8.38. The Hall–Kier alpha value is -0.380. The lowest BCUT2D eigenvalue weighted by Gasteiger charge is -2.21. The quantitative estimate of drug-likeness (QED) is 0.265. The van der Waals surface area contributed by atoms with E-state index < -0.39 is 0 Å². The molecule has 1 aromatic rings. The van der Waals surface area contributed by atoms with Gasteiger partial charge in [-0.3, -0.25) is 4.99 Å². The molecule has 0 bridgehead atoms. The topological polar surface area (TPSA) is 48.9 Å². The molecule has 0 amide bonds. The molecular formula is C19H37IN4OS. The van der Waals surface area contributed by atoms with Crippen LogP contribution in [0.2, 0.25) is 0 Å². The van der Waals surface area contributed by atoms with E-state index in [0.717, 1.165) is 51.6 Å². The number of ether oxygens (including phenoxy) is 1. The second-order valence-corrected chi connectivity index (χ2v) is 7.69. The van der Waals surface area contributed by atoms with Crippen LogP contribution in [-0.4, -0.2) is 63.8 Å². The molecule has 5 nitrogen and oxygen atoms in total. The van der Waals surface area contributed by atoms with E-state index in [2.05, 4.69) is 61.0 Å². The maximum Gasteiger partial charge on any atom is 0.191 e. The van der Waals surface area contributed by atoms with Crippen molar-refractivity contribution in [1.29, 1.82) is 0 Å². The van der Waals surface area contributed by atoms with Gasteiger partial charge in [-0.25, -0.2) is 0 Å². The van der Waals surface area contributed by atoms with Gasteiger partial charge in [-0.05, 0) is 58.1 Å². The van der Waals surface area contributed by atoms with E-state index in [1.54, 1.807) is 0 Å². The molecule has 0 fully saturated rings. The van der Waals surface area contributed by atoms with Crippen molar-refractivity contribution in [3.05, 3.63) is 22.4 Å². The third-order valence-corrected chi connectivity index (χ3v) is 4.73. The fraction of sp³-hybridized carbons (Fsp3) is 0.737. The van der Waals surface area contributed by atoms with Crippen molar-refractivity contribution in [3.63, 3.8) is 0 Å². The van der Waals surface area contributed by atoms with Crippen molar-refractivity contribution < 1.29 is 4.74 Å². The van der Waals surface area contributed by atoms with Crippen molar-refractivity contribution >= 4 is 41.3 Å². The Balaban J connectivity index is 0.00000625. The van der Waals surface area contributed by atoms with Gasteiger partial charge in [0.2, 0.25) is 0 Å². The van der Waals surface area contributed by atoms with E-state index in [4.69, 9.17) is 9.73 Å². The minimum Gasteiger partial charge on any atom is -0.377 e. The van der Waals surface area contributed by atoms with Gasteiger partial charge in [0.1, 0.15) is 0 Å². The summed E-state index contributed by atoms with van der Waals surface area (Å²) < 4.78 is 5.85. The van der Waals surface area contributed by atoms with E-state index in [1.165, 1.54) is 4.88 Å². The number of rotatable bonds is 12. The number of guanidine groups is 1. The molecule has 1 aromatic heterocycles. The van der Waals surface area contributed by atoms with Crippen LogP contribution in [0.1, 0.15) is 32.1 Å². The summed E-state index contributed by atoms with van der Waals surface area (Å²) in [6.07, 6.45) is 2.31. The zero-order chi connectivity index (χ0) is 18.5. The van der Waals surface area contributed by atoms with Gasteiger partial charge in [-0.1, -0.05) is 13.0 Å². The van der Waals surface area contributed by atoms with Crippen molar-refractivity contribution in [1.82, 2.24) is 15.5 Å². The van der Waals surface area contributed by atoms with Crippen molar-refractivity contribution in [2.45, 2.75) is 39.7 Å². The number of hydrogen-bond donors (Lipinski definition) is 2. The summed E-state index contributed by atoms with van der Waals surface area (Å²) in [5.41, 5.74) is 0. The highest BCUT2D eigenvalue weighted by Gasteiger charge is 2.11. The number of hydrogen-bond acceptors (Lipinski definition) is 4. The van der Waals surface area contributed by atoms with Crippen molar-refractivity contribution in [3.8, 4) is 0 Å². The van der Waals surface area contributed by atoms with Crippen LogP contribution in [0.25, 0.3) is 0 Å². The molecule has 1 rings (SSSR count). The first-order chi connectivity index (χ1) is 12.0. The molecule has 2 atom stereocenters. The van der Waals surface area contributed by atoms with Gasteiger partial charge >= 0.3 is 0 Å². The van der Waals surface area contributed by atoms with E-state index in [1.807, 2.05) is 18.3 Å². The standard InChI is InChI=1S/C19H36N4OS.HI/c1-6-20-19(21-14-16(3)13-18-9-8-12-25-18)22-15-17(24-7-2)10-11-23(4)5;/h8-9,12,16-17H,6-7,10-11,13-15H2,1-5H3,(H2,20,21,22);1H. The molecule has 2 unspecified atom stereocenters. The minimum absolute atomic E-state index is 0. The molecule has 0 saturated heterocycles. The fourth-order valence-electron chi connectivity index (χ4n) is 2.52. The van der Waals surface area contributed by atoms with E-state index in [-0.39, 0.29) is 30.1 Å². The summed E-state index contributed by atoms with van der Waals surface area (Å²) in [7, 11) is 4.19. The average Bonchev–Trinajstić information content (AvgIpc) is 3.07. The van der Waals surface area contributed by atoms with E-state index >= 15 is 0 Å². The highest BCUT2D eigenvalue weighted by Crippen LogP contribution is 2.14. The van der Waals surface area contributed by atoms with Gasteiger partial charge in [-0.15, -0.1) is 35.3 Å². The minimum atomic E-state index is 0. The number of aliphatic imine (C=N–C) groups is 1. The summed E-state index contributed by atoms with van der Waals surface area (Å²) in [6.45, 7) is 10.6. The van der Waals surface area contributed by atoms with Gasteiger partial charge in [0.05, 0.1) is 6.10 Å². The summed E-state index contributed by atoms with van der Waals surface area (Å²) in [5.74, 6) is 1.42. The van der Waals surface area contributed by atoms with Gasteiger partial charge in [-0.2, -0.15) is 0 Å². The largest absolute Gasteiger partial charge is 0.377 e. The first kappa shape index (κ1) is 25.6. The molecule has 1 heterocycles. The molecule has 152 valence electrons. The third kappa shape index (κ3) is 12.1. The molecule has 26 heavy (non-hydrogen) atoms. The number of thiophene rings is 1. The van der Waals surface area contributed by atoms with Crippen LogP contribution in [0.4, 0.5) is 0 Å². The maximum atomic E-state index is 5.85. The average molecular weight is 497 g/mol. The molecule has 2 N–H and O–H groups in total. The molecule has 7 heteroatoms. The van der Waals surface area contributed by atoms with Crippen LogP contribution in [0.15, 0.2) is 22.5 Å². The van der Waals surface area contributed by atoms with Crippen LogP contribution >= 0.6 is 35.3 Å². The molecule has 0 saturated carbocycles. The second kappa shape index (κ2) is 15.7. The van der Waals surface area contributed by atoms with Gasteiger partial charge in [0.25, 0.3) is 0 Å². The Bertz CT molecular complexity index is 468.